The Morgan fingerprint density at radius 1 is 1.10 bits per heavy atom. The van der Waals surface area contributed by atoms with E-state index in [1.54, 1.807) is 4.72 Å². The molecule has 0 radical (unpaired) electrons. The molecule has 112 valence electrons. The molecule has 20 heavy (non-hydrogen) atoms. The van der Waals surface area contributed by atoms with E-state index < -0.39 is 16.1 Å². The van der Waals surface area contributed by atoms with Crippen molar-refractivity contribution in [3.8, 4) is 0 Å². The lowest BCUT2D eigenvalue weighted by molar-refractivity contribution is 0.253. The molecule has 1 aromatic rings. The van der Waals surface area contributed by atoms with E-state index in [4.69, 9.17) is 11.5 Å². The Hall–Kier alpha value is -1.80. The van der Waals surface area contributed by atoms with Crippen LogP contribution in [-0.4, -0.2) is 27.5 Å². The molecule has 0 bridgehead atoms. The van der Waals surface area contributed by atoms with Gasteiger partial charge >= 0.3 is 6.03 Å². The highest BCUT2D eigenvalue weighted by atomic mass is 32.2. The van der Waals surface area contributed by atoms with Crippen molar-refractivity contribution in [2.24, 2.45) is 5.73 Å². The second-order valence-corrected chi connectivity index (χ2v) is 6.03. The van der Waals surface area contributed by atoms with Gasteiger partial charge in [0.1, 0.15) is 0 Å². The minimum atomic E-state index is -3.86. The molecule has 0 aromatic heterocycles. The van der Waals surface area contributed by atoms with Crippen molar-refractivity contribution >= 4 is 21.7 Å². The zero-order valence-corrected chi connectivity index (χ0v) is 11.9. The number of nitrogens with two attached hydrogens (primary N) is 2. The van der Waals surface area contributed by atoms with Crippen molar-refractivity contribution in [2.75, 3.05) is 18.8 Å². The molecule has 2 rings (SSSR count). The van der Waals surface area contributed by atoms with E-state index >= 15 is 0 Å². The Labute approximate surface area is 118 Å². The highest BCUT2D eigenvalue weighted by Gasteiger charge is 2.14. The van der Waals surface area contributed by atoms with Crippen molar-refractivity contribution in [1.82, 2.24) is 10.0 Å². The smallest absolute Gasteiger partial charge is 0.326 e. The highest BCUT2D eigenvalue weighted by Crippen LogP contribution is 2.10. The fourth-order valence-electron chi connectivity index (χ4n) is 1.64. The Balaban J connectivity index is 0.000000276. The number of anilines is 1. The number of piperidine rings is 1. The Bertz CT molecular complexity index is 513. The van der Waals surface area contributed by atoms with E-state index in [1.807, 2.05) is 0 Å². The molecular formula is C12H20N4O3S. The molecule has 1 aliphatic heterocycles. The second-order valence-electron chi connectivity index (χ2n) is 4.35. The van der Waals surface area contributed by atoms with Crippen LogP contribution in [0, 0.1) is 0 Å². The Morgan fingerprint density at radius 3 is 2.00 bits per heavy atom. The summed E-state index contributed by atoms with van der Waals surface area (Å²) < 4.78 is 24.2. The van der Waals surface area contributed by atoms with E-state index in [1.165, 1.54) is 56.6 Å². The maximum Gasteiger partial charge on any atom is 0.326 e. The topological polar surface area (TPSA) is 127 Å². The standard InChI is InChI=1S/C7H9N3O3S.C5H11N/c8-5-1-3-6(4-2-5)14(12,13)10-7(9)11;1-2-4-6-5-3-1/h1-4H,8H2,(H3,9,10,11);6H,1-5H2. The van der Waals surface area contributed by atoms with Crippen LogP contribution in [0.3, 0.4) is 0 Å². The first-order valence-corrected chi connectivity index (χ1v) is 7.78. The molecule has 1 aliphatic rings. The van der Waals surface area contributed by atoms with Crippen molar-refractivity contribution in [3.05, 3.63) is 24.3 Å². The number of nitrogen functional groups attached to an aromatic ring is 1. The number of amides is 2. The minimum Gasteiger partial charge on any atom is -0.399 e. The van der Waals surface area contributed by atoms with Crippen LogP contribution in [0.25, 0.3) is 0 Å². The number of urea groups is 1. The zero-order valence-electron chi connectivity index (χ0n) is 11.1. The SMILES string of the molecule is C1CCNCC1.NC(=O)NS(=O)(=O)c1ccc(N)cc1. The average molecular weight is 300 g/mol. The van der Waals surface area contributed by atoms with E-state index in [-0.39, 0.29) is 4.90 Å². The fourth-order valence-corrected chi connectivity index (χ4v) is 2.52. The molecule has 1 aromatic carbocycles. The molecule has 0 spiro atoms. The van der Waals surface area contributed by atoms with Gasteiger partial charge in [-0.1, -0.05) is 6.42 Å². The molecule has 0 aliphatic carbocycles. The largest absolute Gasteiger partial charge is 0.399 e. The predicted octanol–water partition coefficient (Wildman–Crippen LogP) is 0.386. The minimum absolute atomic E-state index is 0.0644. The highest BCUT2D eigenvalue weighted by molar-refractivity contribution is 7.90. The van der Waals surface area contributed by atoms with Gasteiger partial charge in [0.2, 0.25) is 0 Å². The summed E-state index contributed by atoms with van der Waals surface area (Å²) in [5, 5.41) is 3.28. The van der Waals surface area contributed by atoms with Gasteiger partial charge in [-0.05, 0) is 50.2 Å². The summed E-state index contributed by atoms with van der Waals surface area (Å²) in [5.41, 5.74) is 10.5. The molecule has 7 nitrogen and oxygen atoms in total. The molecule has 0 saturated carbocycles. The van der Waals surface area contributed by atoms with E-state index in [9.17, 15) is 13.2 Å². The van der Waals surface area contributed by atoms with Crippen LogP contribution in [-0.2, 0) is 10.0 Å². The number of carbonyl (C=O) groups is 1. The first kappa shape index (κ1) is 16.3. The maximum absolute atomic E-state index is 11.3. The van der Waals surface area contributed by atoms with E-state index in [0.29, 0.717) is 5.69 Å². The summed E-state index contributed by atoms with van der Waals surface area (Å²) in [5.74, 6) is 0. The van der Waals surface area contributed by atoms with Gasteiger partial charge in [0.05, 0.1) is 4.90 Å². The Morgan fingerprint density at radius 2 is 1.65 bits per heavy atom. The number of primary amides is 1. The molecular weight excluding hydrogens is 280 g/mol. The lowest BCUT2D eigenvalue weighted by Gasteiger charge is -2.08. The van der Waals surface area contributed by atoms with Crippen molar-refractivity contribution < 1.29 is 13.2 Å². The third-order valence-corrected chi connectivity index (χ3v) is 4.00. The fraction of sp³-hybridized carbons (Fsp3) is 0.417. The van der Waals surface area contributed by atoms with Gasteiger partial charge < -0.3 is 16.8 Å². The van der Waals surface area contributed by atoms with Crippen LogP contribution in [0.1, 0.15) is 19.3 Å². The van der Waals surface area contributed by atoms with Gasteiger partial charge in [-0.15, -0.1) is 0 Å². The number of hydrogen-bond donors (Lipinski definition) is 4. The summed E-state index contributed by atoms with van der Waals surface area (Å²) in [7, 11) is -3.86. The Kier molecular flexibility index (Phi) is 6.26. The normalized spacial score (nSPS) is 14.8. The molecule has 8 heteroatoms. The van der Waals surface area contributed by atoms with Crippen LogP contribution in [0.4, 0.5) is 10.5 Å². The van der Waals surface area contributed by atoms with Crippen LogP contribution in [0.2, 0.25) is 0 Å². The van der Waals surface area contributed by atoms with Gasteiger partial charge in [-0.3, -0.25) is 0 Å². The summed E-state index contributed by atoms with van der Waals surface area (Å²) >= 11 is 0. The molecule has 6 N–H and O–H groups in total. The third kappa shape index (κ3) is 5.89. The van der Waals surface area contributed by atoms with Crippen LogP contribution >= 0.6 is 0 Å². The van der Waals surface area contributed by atoms with Gasteiger partial charge in [0.25, 0.3) is 10.0 Å². The van der Waals surface area contributed by atoms with Gasteiger partial charge in [-0.25, -0.2) is 17.9 Å². The monoisotopic (exact) mass is 300 g/mol. The summed E-state index contributed by atoms with van der Waals surface area (Å²) in [6.07, 6.45) is 4.22. The van der Waals surface area contributed by atoms with Crippen LogP contribution in [0.5, 0.6) is 0 Å². The number of carbonyl (C=O) groups excluding carboxylic acids is 1. The third-order valence-electron chi connectivity index (χ3n) is 2.63. The first-order chi connectivity index (χ1) is 9.42. The molecule has 1 heterocycles. The van der Waals surface area contributed by atoms with Crippen molar-refractivity contribution in [2.45, 2.75) is 24.2 Å². The van der Waals surface area contributed by atoms with Crippen LogP contribution in [0.15, 0.2) is 29.2 Å². The number of nitrogens with one attached hydrogen (secondary N) is 2. The summed E-state index contributed by atoms with van der Waals surface area (Å²) in [4.78, 5) is 10.3. The second kappa shape index (κ2) is 7.71. The summed E-state index contributed by atoms with van der Waals surface area (Å²) in [6.45, 7) is 2.50. The lowest BCUT2D eigenvalue weighted by Crippen LogP contribution is -2.34. The average Bonchev–Trinajstić information content (AvgIpc) is 2.40. The predicted molar refractivity (Wildman–Crippen MR) is 77.5 cm³/mol. The number of hydrogen-bond acceptors (Lipinski definition) is 5. The number of rotatable bonds is 2. The zero-order chi connectivity index (χ0) is 15.0. The summed E-state index contributed by atoms with van der Waals surface area (Å²) in [6, 6.07) is 4.26. The van der Waals surface area contributed by atoms with Crippen LogP contribution < -0.4 is 21.5 Å². The molecule has 1 saturated heterocycles. The van der Waals surface area contributed by atoms with Gasteiger partial charge in [0, 0.05) is 5.69 Å². The quantitative estimate of drug-likeness (QED) is 0.587. The van der Waals surface area contributed by atoms with Gasteiger partial charge in [-0.2, -0.15) is 0 Å². The molecule has 1 fully saturated rings. The van der Waals surface area contributed by atoms with Crippen molar-refractivity contribution in [3.63, 3.8) is 0 Å². The van der Waals surface area contributed by atoms with E-state index in [2.05, 4.69) is 5.32 Å². The molecule has 0 unspecified atom stereocenters. The molecule has 2 amide bonds. The van der Waals surface area contributed by atoms with Crippen molar-refractivity contribution in [1.29, 1.82) is 0 Å². The number of sulfonamides is 1. The lowest BCUT2D eigenvalue weighted by atomic mass is 10.2. The molecule has 0 atom stereocenters. The first-order valence-electron chi connectivity index (χ1n) is 6.30. The van der Waals surface area contributed by atoms with Gasteiger partial charge in [0.15, 0.2) is 0 Å². The maximum atomic E-state index is 11.3. The number of benzene rings is 1. The van der Waals surface area contributed by atoms with E-state index in [0.717, 1.165) is 0 Å².